The molecule has 0 saturated heterocycles. The first-order valence-corrected chi connectivity index (χ1v) is 4.48. The van der Waals surface area contributed by atoms with E-state index < -0.39 is 0 Å². The molecule has 1 nitrogen and oxygen atoms in total. The van der Waals surface area contributed by atoms with Gasteiger partial charge in [0.1, 0.15) is 5.82 Å². The highest BCUT2D eigenvalue weighted by molar-refractivity contribution is 5.19. The summed E-state index contributed by atoms with van der Waals surface area (Å²) in [6, 6.07) is 6.66. The number of methoxy groups -OCH3 is 1. The maximum absolute atomic E-state index is 12.6. The first-order valence-electron chi connectivity index (χ1n) is 4.48. The van der Waals surface area contributed by atoms with E-state index in [0.29, 0.717) is 5.92 Å². The lowest BCUT2D eigenvalue weighted by molar-refractivity contribution is 0.189. The Hall–Kier alpha value is -0.890. The SMILES string of the molecule is COCCC(C)c1ccc(F)cc1. The third-order valence-corrected chi connectivity index (χ3v) is 2.19. The van der Waals surface area contributed by atoms with Gasteiger partial charge in [0.05, 0.1) is 0 Å². The lowest BCUT2D eigenvalue weighted by Gasteiger charge is -2.10. The first-order chi connectivity index (χ1) is 6.24. The minimum absolute atomic E-state index is 0.178. The van der Waals surface area contributed by atoms with Gasteiger partial charge >= 0.3 is 0 Å². The quantitative estimate of drug-likeness (QED) is 0.695. The van der Waals surface area contributed by atoms with Crippen LogP contribution in [0, 0.1) is 5.82 Å². The van der Waals surface area contributed by atoms with Crippen molar-refractivity contribution in [1.29, 1.82) is 0 Å². The molecule has 0 radical (unpaired) electrons. The summed E-state index contributed by atoms with van der Waals surface area (Å²) in [7, 11) is 1.69. The summed E-state index contributed by atoms with van der Waals surface area (Å²) in [6.07, 6.45) is 0.974. The normalized spacial score (nSPS) is 12.8. The van der Waals surface area contributed by atoms with Crippen LogP contribution in [0.5, 0.6) is 0 Å². The summed E-state index contributed by atoms with van der Waals surface area (Å²) in [5, 5.41) is 0. The Kier molecular flexibility index (Phi) is 3.90. The van der Waals surface area contributed by atoms with Crippen LogP contribution in [-0.4, -0.2) is 13.7 Å². The third kappa shape index (κ3) is 3.15. The van der Waals surface area contributed by atoms with Crippen LogP contribution in [0.1, 0.15) is 24.8 Å². The number of hydrogen-bond acceptors (Lipinski definition) is 1. The summed E-state index contributed by atoms with van der Waals surface area (Å²) >= 11 is 0. The molecular formula is C11H15FO. The summed E-state index contributed by atoms with van der Waals surface area (Å²) in [5.74, 6) is 0.253. The van der Waals surface area contributed by atoms with Gasteiger partial charge in [-0.15, -0.1) is 0 Å². The molecule has 1 unspecified atom stereocenters. The maximum atomic E-state index is 12.6. The van der Waals surface area contributed by atoms with E-state index in [-0.39, 0.29) is 5.82 Å². The van der Waals surface area contributed by atoms with Crippen molar-refractivity contribution in [2.45, 2.75) is 19.3 Å². The fourth-order valence-corrected chi connectivity index (χ4v) is 1.25. The Morgan fingerprint density at radius 2 is 1.92 bits per heavy atom. The Morgan fingerprint density at radius 3 is 2.46 bits per heavy atom. The molecule has 72 valence electrons. The second kappa shape index (κ2) is 4.97. The lowest BCUT2D eigenvalue weighted by Crippen LogP contribution is -1.98. The van der Waals surface area contributed by atoms with E-state index in [1.165, 1.54) is 17.7 Å². The van der Waals surface area contributed by atoms with Gasteiger partial charge in [0, 0.05) is 13.7 Å². The zero-order valence-electron chi connectivity index (χ0n) is 8.09. The van der Waals surface area contributed by atoms with Gasteiger partial charge in [-0.3, -0.25) is 0 Å². The van der Waals surface area contributed by atoms with Crippen LogP contribution in [0.4, 0.5) is 4.39 Å². The molecule has 1 aromatic rings. The van der Waals surface area contributed by atoms with E-state index in [4.69, 9.17) is 4.74 Å². The molecule has 0 heterocycles. The maximum Gasteiger partial charge on any atom is 0.123 e. The van der Waals surface area contributed by atoms with E-state index >= 15 is 0 Å². The first kappa shape index (κ1) is 10.2. The highest BCUT2D eigenvalue weighted by Crippen LogP contribution is 2.18. The molecule has 1 aromatic carbocycles. The van der Waals surface area contributed by atoms with Gasteiger partial charge < -0.3 is 4.74 Å². The molecule has 0 saturated carbocycles. The van der Waals surface area contributed by atoms with Crippen molar-refractivity contribution in [2.24, 2.45) is 0 Å². The molecular weight excluding hydrogens is 167 g/mol. The highest BCUT2D eigenvalue weighted by Gasteiger charge is 2.04. The number of benzene rings is 1. The number of ether oxygens (including phenoxy) is 1. The summed E-state index contributed by atoms with van der Waals surface area (Å²) < 4.78 is 17.6. The Morgan fingerprint density at radius 1 is 1.31 bits per heavy atom. The van der Waals surface area contributed by atoms with Gasteiger partial charge in [-0.1, -0.05) is 19.1 Å². The Bertz CT molecular complexity index is 243. The van der Waals surface area contributed by atoms with Crippen LogP contribution in [0.15, 0.2) is 24.3 Å². The minimum Gasteiger partial charge on any atom is -0.385 e. The van der Waals surface area contributed by atoms with Gasteiger partial charge in [0.15, 0.2) is 0 Å². The summed E-state index contributed by atoms with van der Waals surface area (Å²) in [6.45, 7) is 2.87. The van der Waals surface area contributed by atoms with Crippen LogP contribution in [0.2, 0.25) is 0 Å². The van der Waals surface area contributed by atoms with Crippen molar-refractivity contribution < 1.29 is 9.13 Å². The fraction of sp³-hybridized carbons (Fsp3) is 0.455. The van der Waals surface area contributed by atoms with E-state index in [0.717, 1.165) is 13.0 Å². The van der Waals surface area contributed by atoms with E-state index in [1.807, 2.05) is 12.1 Å². The average Bonchev–Trinajstić information content (AvgIpc) is 2.15. The average molecular weight is 182 g/mol. The van der Waals surface area contributed by atoms with Crippen LogP contribution in [-0.2, 0) is 4.74 Å². The molecule has 0 aromatic heterocycles. The molecule has 1 atom stereocenters. The highest BCUT2D eigenvalue weighted by atomic mass is 19.1. The standard InChI is InChI=1S/C11H15FO/c1-9(7-8-13-2)10-3-5-11(12)6-4-10/h3-6,9H,7-8H2,1-2H3. The molecule has 1 rings (SSSR count). The van der Waals surface area contributed by atoms with Crippen LogP contribution < -0.4 is 0 Å². The molecule has 2 heteroatoms. The molecule has 0 amide bonds. The molecule has 0 aliphatic heterocycles. The van der Waals surface area contributed by atoms with Crippen molar-refractivity contribution in [2.75, 3.05) is 13.7 Å². The smallest absolute Gasteiger partial charge is 0.123 e. The molecule has 0 fully saturated rings. The van der Waals surface area contributed by atoms with Crippen LogP contribution in [0.25, 0.3) is 0 Å². The Balaban J connectivity index is 2.55. The summed E-state index contributed by atoms with van der Waals surface area (Å²) in [4.78, 5) is 0. The largest absolute Gasteiger partial charge is 0.385 e. The minimum atomic E-state index is -0.178. The van der Waals surface area contributed by atoms with Crippen LogP contribution >= 0.6 is 0 Å². The van der Waals surface area contributed by atoms with Gasteiger partial charge in [-0.25, -0.2) is 4.39 Å². The van der Waals surface area contributed by atoms with Gasteiger partial charge in [-0.05, 0) is 30.0 Å². The molecule has 0 N–H and O–H groups in total. The monoisotopic (exact) mass is 182 g/mol. The molecule has 0 bridgehead atoms. The fourth-order valence-electron chi connectivity index (χ4n) is 1.25. The van der Waals surface area contributed by atoms with Gasteiger partial charge in [0.2, 0.25) is 0 Å². The van der Waals surface area contributed by atoms with Crippen molar-refractivity contribution in [3.63, 3.8) is 0 Å². The second-order valence-corrected chi connectivity index (χ2v) is 3.23. The topological polar surface area (TPSA) is 9.23 Å². The molecule has 13 heavy (non-hydrogen) atoms. The van der Waals surface area contributed by atoms with Gasteiger partial charge in [-0.2, -0.15) is 0 Å². The van der Waals surface area contributed by atoms with E-state index in [9.17, 15) is 4.39 Å². The van der Waals surface area contributed by atoms with Crippen molar-refractivity contribution in [1.82, 2.24) is 0 Å². The molecule has 0 aliphatic carbocycles. The predicted molar refractivity (Wildman–Crippen MR) is 51.3 cm³/mol. The number of halogens is 1. The zero-order chi connectivity index (χ0) is 9.68. The van der Waals surface area contributed by atoms with Crippen molar-refractivity contribution in [3.05, 3.63) is 35.6 Å². The third-order valence-electron chi connectivity index (χ3n) is 2.19. The number of hydrogen-bond donors (Lipinski definition) is 0. The molecule has 0 spiro atoms. The van der Waals surface area contributed by atoms with Crippen LogP contribution in [0.3, 0.4) is 0 Å². The van der Waals surface area contributed by atoms with E-state index in [2.05, 4.69) is 6.92 Å². The summed E-state index contributed by atoms with van der Waals surface area (Å²) in [5.41, 5.74) is 1.17. The van der Waals surface area contributed by atoms with E-state index in [1.54, 1.807) is 7.11 Å². The molecule has 0 aliphatic rings. The second-order valence-electron chi connectivity index (χ2n) is 3.23. The van der Waals surface area contributed by atoms with Crippen molar-refractivity contribution >= 4 is 0 Å². The zero-order valence-corrected chi connectivity index (χ0v) is 8.09. The van der Waals surface area contributed by atoms with Crippen molar-refractivity contribution in [3.8, 4) is 0 Å². The Labute approximate surface area is 78.5 Å². The number of rotatable bonds is 4. The predicted octanol–water partition coefficient (Wildman–Crippen LogP) is 2.97. The van der Waals surface area contributed by atoms with Gasteiger partial charge in [0.25, 0.3) is 0 Å². The lowest BCUT2D eigenvalue weighted by atomic mass is 9.98.